The van der Waals surface area contributed by atoms with E-state index in [-0.39, 0.29) is 16.6 Å². The second-order valence-electron chi connectivity index (χ2n) is 4.73. The van der Waals surface area contributed by atoms with Gasteiger partial charge in [0.25, 0.3) is 0 Å². The zero-order valence-corrected chi connectivity index (χ0v) is 13.3. The molecule has 0 aliphatic carbocycles. The second-order valence-corrected chi connectivity index (χ2v) is 6.28. The number of imidazole rings is 1. The van der Waals surface area contributed by atoms with Gasteiger partial charge in [-0.3, -0.25) is 5.32 Å². The van der Waals surface area contributed by atoms with E-state index in [1.54, 1.807) is 24.3 Å². The molecule has 1 amide bonds. The predicted molar refractivity (Wildman–Crippen MR) is 86.4 cm³/mol. The first kappa shape index (κ1) is 15.8. The maximum atomic E-state index is 12.2. The molecule has 24 heavy (non-hydrogen) atoms. The van der Waals surface area contributed by atoms with Crippen LogP contribution in [0.1, 0.15) is 0 Å². The lowest BCUT2D eigenvalue weighted by Crippen LogP contribution is -2.11. The van der Waals surface area contributed by atoms with Gasteiger partial charge in [0, 0.05) is 6.07 Å². The number of aromatic nitrogens is 2. The molecule has 0 unspecified atom stereocenters. The summed E-state index contributed by atoms with van der Waals surface area (Å²) in [5, 5.41) is 2.39. The number of carbonyl (C=O) groups is 1. The Morgan fingerprint density at radius 2 is 1.92 bits per heavy atom. The smallest absolute Gasteiger partial charge is 0.413 e. The number of H-pyrrole nitrogens is 1. The first-order chi connectivity index (χ1) is 11.5. The van der Waals surface area contributed by atoms with Crippen molar-refractivity contribution in [1.82, 2.24) is 9.97 Å². The average Bonchev–Trinajstić information content (AvgIpc) is 2.96. The number of anilines is 1. The van der Waals surface area contributed by atoms with Gasteiger partial charge >= 0.3 is 16.2 Å². The Morgan fingerprint density at radius 3 is 2.62 bits per heavy atom. The van der Waals surface area contributed by atoms with Crippen molar-refractivity contribution in [2.75, 3.05) is 12.4 Å². The van der Waals surface area contributed by atoms with Gasteiger partial charge in [-0.1, -0.05) is 18.2 Å². The van der Waals surface area contributed by atoms with E-state index in [2.05, 4.69) is 20.0 Å². The van der Waals surface area contributed by atoms with Crippen LogP contribution >= 0.6 is 0 Å². The van der Waals surface area contributed by atoms with E-state index in [9.17, 15) is 13.2 Å². The minimum atomic E-state index is -3.92. The number of benzene rings is 2. The van der Waals surface area contributed by atoms with Crippen LogP contribution in [0.3, 0.4) is 0 Å². The zero-order chi connectivity index (χ0) is 17.2. The monoisotopic (exact) mass is 347 g/mol. The van der Waals surface area contributed by atoms with Gasteiger partial charge in [0.05, 0.1) is 18.1 Å². The first-order valence-corrected chi connectivity index (χ1v) is 8.23. The summed E-state index contributed by atoms with van der Waals surface area (Å²) in [7, 11) is -2.69. The zero-order valence-electron chi connectivity index (χ0n) is 12.5. The summed E-state index contributed by atoms with van der Waals surface area (Å²) in [5.74, 6) is 0.305. The van der Waals surface area contributed by atoms with Crippen LogP contribution in [0.2, 0.25) is 0 Å². The third kappa shape index (κ3) is 3.30. The van der Waals surface area contributed by atoms with E-state index in [4.69, 9.17) is 4.18 Å². The van der Waals surface area contributed by atoms with Crippen molar-refractivity contribution in [1.29, 1.82) is 0 Å². The summed E-state index contributed by atoms with van der Waals surface area (Å²) in [6, 6.07) is 12.4. The number of nitrogens with zero attached hydrogens (tertiary/aromatic N) is 1. The average molecular weight is 347 g/mol. The number of aromatic amines is 1. The SMILES string of the molecule is COC(=O)Nc1nc2ccc(OS(=O)(=O)c3ccccc3)cc2[nH]1. The normalized spacial score (nSPS) is 11.2. The molecule has 1 heterocycles. The number of fused-ring (bicyclic) bond motifs is 1. The summed E-state index contributed by atoms with van der Waals surface area (Å²) in [6.07, 6.45) is -0.669. The van der Waals surface area contributed by atoms with Gasteiger partial charge in [0.2, 0.25) is 5.95 Å². The van der Waals surface area contributed by atoms with E-state index in [0.29, 0.717) is 11.0 Å². The van der Waals surface area contributed by atoms with Crippen LogP contribution in [-0.4, -0.2) is 31.6 Å². The number of methoxy groups -OCH3 is 1. The molecule has 0 aliphatic heterocycles. The van der Waals surface area contributed by atoms with Crippen LogP contribution in [0.5, 0.6) is 5.75 Å². The van der Waals surface area contributed by atoms with Gasteiger partial charge in [0.15, 0.2) is 0 Å². The highest BCUT2D eigenvalue weighted by Crippen LogP contribution is 2.23. The molecule has 0 aliphatic rings. The van der Waals surface area contributed by atoms with E-state index < -0.39 is 16.2 Å². The van der Waals surface area contributed by atoms with Crippen molar-refractivity contribution in [2.45, 2.75) is 4.90 Å². The number of ether oxygens (including phenoxy) is 1. The molecule has 2 N–H and O–H groups in total. The lowest BCUT2D eigenvalue weighted by Gasteiger charge is -2.06. The third-order valence-electron chi connectivity index (χ3n) is 3.10. The van der Waals surface area contributed by atoms with Gasteiger partial charge in [-0.2, -0.15) is 8.42 Å². The fourth-order valence-electron chi connectivity index (χ4n) is 2.01. The van der Waals surface area contributed by atoms with E-state index in [1.807, 2.05) is 0 Å². The minimum Gasteiger partial charge on any atom is -0.453 e. The van der Waals surface area contributed by atoms with Crippen LogP contribution < -0.4 is 9.50 Å². The Morgan fingerprint density at radius 1 is 1.17 bits per heavy atom. The Hall–Kier alpha value is -3.07. The summed E-state index contributed by atoms with van der Waals surface area (Å²) in [5.41, 5.74) is 1.04. The lowest BCUT2D eigenvalue weighted by molar-refractivity contribution is 0.186. The van der Waals surface area contributed by atoms with Crippen molar-refractivity contribution in [2.24, 2.45) is 0 Å². The van der Waals surface area contributed by atoms with Crippen molar-refractivity contribution >= 4 is 33.2 Å². The molecular formula is C15H13N3O5S. The quantitative estimate of drug-likeness (QED) is 0.702. The molecule has 0 fully saturated rings. The number of amides is 1. The van der Waals surface area contributed by atoms with Crippen LogP contribution in [0.25, 0.3) is 11.0 Å². The molecular weight excluding hydrogens is 334 g/mol. The third-order valence-corrected chi connectivity index (χ3v) is 4.36. The van der Waals surface area contributed by atoms with Gasteiger partial charge in [-0.05, 0) is 24.3 Å². The molecule has 0 saturated carbocycles. The van der Waals surface area contributed by atoms with Crippen LogP contribution in [0, 0.1) is 0 Å². The van der Waals surface area contributed by atoms with Gasteiger partial charge in [-0.25, -0.2) is 9.78 Å². The van der Waals surface area contributed by atoms with Crippen molar-refractivity contribution in [3.8, 4) is 5.75 Å². The minimum absolute atomic E-state index is 0.0581. The van der Waals surface area contributed by atoms with Crippen molar-refractivity contribution < 1.29 is 22.1 Å². The fraction of sp³-hybridized carbons (Fsp3) is 0.0667. The molecule has 2 aromatic carbocycles. The molecule has 8 nitrogen and oxygen atoms in total. The molecule has 0 spiro atoms. The highest BCUT2D eigenvalue weighted by molar-refractivity contribution is 7.87. The molecule has 0 bridgehead atoms. The number of hydrogen-bond acceptors (Lipinski definition) is 6. The lowest BCUT2D eigenvalue weighted by atomic mass is 10.3. The van der Waals surface area contributed by atoms with E-state index >= 15 is 0 Å². The summed E-state index contributed by atoms with van der Waals surface area (Å²) in [6.45, 7) is 0. The second kappa shape index (κ2) is 6.20. The molecule has 9 heteroatoms. The number of carbonyl (C=O) groups excluding carboxylic acids is 1. The highest BCUT2D eigenvalue weighted by atomic mass is 32.2. The van der Waals surface area contributed by atoms with Gasteiger partial charge in [0.1, 0.15) is 10.6 Å². The molecule has 3 rings (SSSR count). The molecule has 0 saturated heterocycles. The Balaban J connectivity index is 1.87. The molecule has 1 aromatic heterocycles. The molecule has 124 valence electrons. The summed E-state index contributed by atoms with van der Waals surface area (Å²) in [4.78, 5) is 18.2. The van der Waals surface area contributed by atoms with Gasteiger partial charge in [-0.15, -0.1) is 0 Å². The fourth-order valence-corrected chi connectivity index (χ4v) is 2.95. The number of nitrogens with one attached hydrogen (secondary N) is 2. The van der Waals surface area contributed by atoms with Crippen molar-refractivity contribution in [3.63, 3.8) is 0 Å². The highest BCUT2D eigenvalue weighted by Gasteiger charge is 2.16. The maximum Gasteiger partial charge on any atom is 0.413 e. The topological polar surface area (TPSA) is 110 Å². The Kier molecular flexibility index (Phi) is 4.09. The Bertz CT molecular complexity index is 983. The summed E-state index contributed by atoms with van der Waals surface area (Å²) < 4.78 is 34.0. The number of rotatable bonds is 4. The largest absolute Gasteiger partial charge is 0.453 e. The number of hydrogen-bond donors (Lipinski definition) is 2. The van der Waals surface area contributed by atoms with Crippen LogP contribution in [0.15, 0.2) is 53.4 Å². The van der Waals surface area contributed by atoms with Crippen LogP contribution in [0.4, 0.5) is 10.7 Å². The molecule has 0 radical (unpaired) electrons. The van der Waals surface area contributed by atoms with Crippen LogP contribution in [-0.2, 0) is 14.9 Å². The predicted octanol–water partition coefficient (Wildman–Crippen LogP) is 2.51. The molecule has 3 aromatic rings. The maximum absolute atomic E-state index is 12.2. The van der Waals surface area contributed by atoms with E-state index in [0.717, 1.165) is 0 Å². The Labute approximate surface area is 137 Å². The molecule has 0 atom stereocenters. The standard InChI is InChI=1S/C15H13N3O5S/c1-22-15(19)18-14-16-12-8-7-10(9-13(12)17-14)23-24(20,21)11-5-3-2-4-6-11/h2-9H,1H3,(H2,16,17,18,19). The van der Waals surface area contributed by atoms with Gasteiger partial charge < -0.3 is 13.9 Å². The summed E-state index contributed by atoms with van der Waals surface area (Å²) >= 11 is 0. The van der Waals surface area contributed by atoms with Crippen molar-refractivity contribution in [3.05, 3.63) is 48.5 Å². The van der Waals surface area contributed by atoms with E-state index in [1.165, 1.54) is 31.4 Å². The first-order valence-electron chi connectivity index (χ1n) is 6.82.